The number of carbonyl (C=O) groups is 1. The third-order valence-corrected chi connectivity index (χ3v) is 8.58. The molecule has 1 unspecified atom stereocenters. The van der Waals surface area contributed by atoms with Crippen molar-refractivity contribution in [2.75, 3.05) is 4.31 Å². The van der Waals surface area contributed by atoms with E-state index in [9.17, 15) is 26.4 Å². The minimum absolute atomic E-state index is 0.0647. The summed E-state index contributed by atoms with van der Waals surface area (Å²) in [7, 11) is -4.27. The number of hydroxylamine groups is 1. The Balaban J connectivity index is 1.44. The molecule has 0 radical (unpaired) electrons. The highest BCUT2D eigenvalue weighted by molar-refractivity contribution is 7.92. The number of alkyl halides is 3. The highest BCUT2D eigenvalue weighted by Gasteiger charge is 2.36. The van der Waals surface area contributed by atoms with E-state index in [0.29, 0.717) is 11.8 Å². The van der Waals surface area contributed by atoms with Crippen molar-refractivity contribution in [1.82, 2.24) is 20.8 Å². The summed E-state index contributed by atoms with van der Waals surface area (Å²) in [4.78, 5) is 24.5. The molecule has 13 heteroatoms. The largest absolute Gasteiger partial charge is 0.427 e. The molecule has 2 N–H and O–H groups in total. The van der Waals surface area contributed by atoms with E-state index >= 15 is 0 Å². The van der Waals surface area contributed by atoms with Gasteiger partial charge in [0.2, 0.25) is 0 Å². The van der Waals surface area contributed by atoms with E-state index in [4.69, 9.17) is 0 Å². The number of nitrogens with one attached hydrogen (secondary N) is 2. The SMILES string of the molecule is O=C1NC(c2ccc(S(=O)(=O)N(Cc3ccc(C(F)(F)F)cn3)c3ncc4ccccc4c3C3CC3)cc2)NO1. The van der Waals surface area contributed by atoms with Gasteiger partial charge >= 0.3 is 12.3 Å². The molecule has 1 atom stereocenters. The summed E-state index contributed by atoms with van der Waals surface area (Å²) in [6, 6.07) is 15.4. The minimum Gasteiger partial charge on any atom is -0.351 e. The van der Waals surface area contributed by atoms with Crippen LogP contribution in [-0.4, -0.2) is 24.5 Å². The molecule has 206 valence electrons. The van der Waals surface area contributed by atoms with E-state index in [1.54, 1.807) is 6.20 Å². The molecule has 1 aliphatic heterocycles. The van der Waals surface area contributed by atoms with Crippen molar-refractivity contribution < 1.29 is 31.2 Å². The van der Waals surface area contributed by atoms with E-state index in [2.05, 4.69) is 25.6 Å². The van der Waals surface area contributed by atoms with E-state index in [1.807, 2.05) is 24.3 Å². The third kappa shape index (κ3) is 4.93. The fourth-order valence-corrected chi connectivity index (χ4v) is 6.07. The Labute approximate surface area is 227 Å². The monoisotopic (exact) mass is 569 g/mol. The van der Waals surface area contributed by atoms with Crippen LogP contribution in [-0.2, 0) is 27.6 Å². The zero-order valence-electron chi connectivity index (χ0n) is 20.7. The Kier molecular flexibility index (Phi) is 6.34. The number of carbonyl (C=O) groups excluding carboxylic acids is 1. The van der Waals surface area contributed by atoms with E-state index in [-0.39, 0.29) is 28.9 Å². The van der Waals surface area contributed by atoms with Gasteiger partial charge in [-0.3, -0.25) is 10.3 Å². The zero-order chi connectivity index (χ0) is 28.1. The number of pyridine rings is 2. The molecule has 2 aromatic heterocycles. The van der Waals surface area contributed by atoms with Crippen LogP contribution in [0.5, 0.6) is 0 Å². The quantitative estimate of drug-likeness (QED) is 0.316. The Morgan fingerprint density at radius 2 is 1.73 bits per heavy atom. The van der Waals surface area contributed by atoms with Crippen molar-refractivity contribution in [2.45, 2.75) is 42.5 Å². The molecule has 1 saturated heterocycles. The molecule has 2 aromatic carbocycles. The maximum absolute atomic E-state index is 14.1. The van der Waals surface area contributed by atoms with Crippen molar-refractivity contribution in [3.05, 3.63) is 95.4 Å². The predicted octanol–water partition coefficient (Wildman–Crippen LogP) is 5.16. The Morgan fingerprint density at radius 1 is 0.975 bits per heavy atom. The Morgan fingerprint density at radius 3 is 2.35 bits per heavy atom. The number of rotatable bonds is 7. The first-order valence-corrected chi connectivity index (χ1v) is 13.8. The van der Waals surface area contributed by atoms with E-state index in [0.717, 1.165) is 39.5 Å². The number of aromatic nitrogens is 2. The van der Waals surface area contributed by atoms with Gasteiger partial charge in [-0.1, -0.05) is 36.4 Å². The van der Waals surface area contributed by atoms with Crippen LogP contribution in [0.1, 0.15) is 47.3 Å². The smallest absolute Gasteiger partial charge is 0.351 e. The van der Waals surface area contributed by atoms with Crippen LogP contribution in [0.3, 0.4) is 0 Å². The number of fused-ring (bicyclic) bond motifs is 1. The van der Waals surface area contributed by atoms with Crippen LogP contribution < -0.4 is 15.1 Å². The molecule has 2 aliphatic rings. The van der Waals surface area contributed by atoms with Gasteiger partial charge in [0, 0.05) is 23.3 Å². The molecule has 40 heavy (non-hydrogen) atoms. The standard InChI is InChI=1S/C27H22F3N5O4S/c28-27(29,30)19-9-10-20(31-14-19)15-35(25-23(16-5-6-16)22-4-2-1-3-18(22)13-32-25)40(37,38)21-11-7-17(8-12-21)24-33-26(36)39-34-24/h1-4,7-14,16,24,34H,5-6,15H2,(H,33,36). The maximum atomic E-state index is 14.1. The molecule has 2 fully saturated rings. The van der Waals surface area contributed by atoms with Crippen molar-refractivity contribution in [3.8, 4) is 0 Å². The predicted molar refractivity (Wildman–Crippen MR) is 138 cm³/mol. The van der Waals surface area contributed by atoms with Gasteiger partial charge in [-0.15, -0.1) is 5.48 Å². The molecule has 3 heterocycles. The summed E-state index contributed by atoms with van der Waals surface area (Å²) < 4.78 is 68.8. The number of halogens is 3. The van der Waals surface area contributed by atoms with Gasteiger partial charge in [0.1, 0.15) is 12.0 Å². The van der Waals surface area contributed by atoms with Crippen LogP contribution in [0.25, 0.3) is 10.8 Å². The second-order valence-electron chi connectivity index (χ2n) is 9.56. The lowest BCUT2D eigenvalue weighted by Gasteiger charge is -2.26. The van der Waals surface area contributed by atoms with Crippen molar-refractivity contribution in [2.24, 2.45) is 0 Å². The molecule has 9 nitrogen and oxygen atoms in total. The lowest BCUT2D eigenvalue weighted by atomic mass is 10.0. The highest BCUT2D eigenvalue weighted by Crippen LogP contribution is 2.48. The van der Waals surface area contributed by atoms with Crippen LogP contribution in [0.15, 0.2) is 78.0 Å². The summed E-state index contributed by atoms with van der Waals surface area (Å²) in [5.41, 5.74) is 3.03. The average molecular weight is 570 g/mol. The summed E-state index contributed by atoms with van der Waals surface area (Å²) in [6.45, 7) is -0.332. The lowest BCUT2D eigenvalue weighted by molar-refractivity contribution is -0.137. The van der Waals surface area contributed by atoms with Gasteiger partial charge in [0.25, 0.3) is 10.0 Å². The molecule has 1 amide bonds. The summed E-state index contributed by atoms with van der Waals surface area (Å²) in [6.07, 6.45) is -1.87. The molecule has 1 saturated carbocycles. The van der Waals surface area contributed by atoms with Gasteiger partial charge in [-0.25, -0.2) is 22.5 Å². The third-order valence-electron chi connectivity index (χ3n) is 6.83. The van der Waals surface area contributed by atoms with Crippen LogP contribution >= 0.6 is 0 Å². The Bertz CT molecular complexity index is 1690. The number of benzene rings is 2. The lowest BCUT2D eigenvalue weighted by Crippen LogP contribution is -2.32. The van der Waals surface area contributed by atoms with Gasteiger partial charge < -0.3 is 4.84 Å². The van der Waals surface area contributed by atoms with Crippen LogP contribution in [0, 0.1) is 0 Å². The number of hydrogen-bond donors (Lipinski definition) is 2. The minimum atomic E-state index is -4.57. The fraction of sp³-hybridized carbons (Fsp3) is 0.222. The molecule has 1 aliphatic carbocycles. The zero-order valence-corrected chi connectivity index (χ0v) is 21.5. The van der Waals surface area contributed by atoms with Crippen LogP contribution in [0.2, 0.25) is 0 Å². The highest BCUT2D eigenvalue weighted by atomic mass is 32.2. The molecular formula is C27H22F3N5O4S. The fourth-order valence-electron chi connectivity index (χ4n) is 4.66. The first kappa shape index (κ1) is 26.0. The molecule has 4 aromatic rings. The number of hydrogen-bond acceptors (Lipinski definition) is 7. The van der Waals surface area contributed by atoms with Gasteiger partial charge in [0.15, 0.2) is 0 Å². The normalized spacial score (nSPS) is 17.5. The molecular weight excluding hydrogens is 547 g/mol. The van der Waals surface area contributed by atoms with E-state index in [1.165, 1.54) is 30.3 Å². The molecule has 6 rings (SSSR count). The first-order valence-electron chi connectivity index (χ1n) is 12.4. The van der Waals surface area contributed by atoms with Crippen molar-refractivity contribution in [1.29, 1.82) is 0 Å². The Hall–Kier alpha value is -4.23. The second-order valence-corrected chi connectivity index (χ2v) is 11.4. The summed E-state index contributed by atoms with van der Waals surface area (Å²) >= 11 is 0. The average Bonchev–Trinajstić information content (AvgIpc) is 3.69. The summed E-state index contributed by atoms with van der Waals surface area (Å²) in [5, 5.41) is 4.26. The van der Waals surface area contributed by atoms with Gasteiger partial charge in [-0.2, -0.15) is 13.2 Å². The second kappa shape index (κ2) is 9.75. The van der Waals surface area contributed by atoms with Crippen molar-refractivity contribution in [3.63, 3.8) is 0 Å². The topological polar surface area (TPSA) is 114 Å². The molecule has 0 bridgehead atoms. The van der Waals surface area contributed by atoms with Crippen LogP contribution in [0.4, 0.5) is 23.8 Å². The van der Waals surface area contributed by atoms with Crippen molar-refractivity contribution >= 4 is 32.7 Å². The number of anilines is 1. The van der Waals surface area contributed by atoms with Gasteiger partial charge in [-0.05, 0) is 54.0 Å². The van der Waals surface area contributed by atoms with Gasteiger partial charge in [0.05, 0.1) is 22.7 Å². The first-order chi connectivity index (χ1) is 19.1. The number of amides is 1. The molecule has 0 spiro atoms. The number of nitrogens with zero attached hydrogens (tertiary/aromatic N) is 3. The maximum Gasteiger partial charge on any atom is 0.427 e. The summed E-state index contributed by atoms with van der Waals surface area (Å²) in [5.74, 6) is 0.316. The number of sulfonamides is 1. The van der Waals surface area contributed by atoms with E-state index < -0.39 is 34.0 Å².